The van der Waals surface area contributed by atoms with E-state index < -0.39 is 0 Å². The van der Waals surface area contributed by atoms with E-state index in [2.05, 4.69) is 10.4 Å². The summed E-state index contributed by atoms with van der Waals surface area (Å²) < 4.78 is 15.3. The quantitative estimate of drug-likeness (QED) is 0.674. The summed E-state index contributed by atoms with van der Waals surface area (Å²) in [7, 11) is 0. The number of thiophene rings is 1. The van der Waals surface area contributed by atoms with Crippen molar-refractivity contribution in [2.75, 3.05) is 0 Å². The first-order valence-electron chi connectivity index (χ1n) is 7.93. The lowest BCUT2D eigenvalue weighted by atomic mass is 10.2. The Kier molecular flexibility index (Phi) is 5.50. The van der Waals surface area contributed by atoms with E-state index in [0.29, 0.717) is 23.1 Å². The maximum atomic E-state index is 12.9. The second kappa shape index (κ2) is 7.80. The molecule has 0 spiro atoms. The maximum absolute atomic E-state index is 12.9. The van der Waals surface area contributed by atoms with Crippen LogP contribution in [-0.4, -0.2) is 15.7 Å². The third kappa shape index (κ3) is 4.27. The summed E-state index contributed by atoms with van der Waals surface area (Å²) in [5.41, 5.74) is 2.07. The molecule has 3 aromatic rings. The van der Waals surface area contributed by atoms with Gasteiger partial charge in [0, 0.05) is 13.1 Å². The van der Waals surface area contributed by atoms with Crippen molar-refractivity contribution in [3.05, 3.63) is 63.9 Å². The zero-order valence-electron chi connectivity index (χ0n) is 13.6. The molecule has 0 fully saturated rings. The van der Waals surface area contributed by atoms with Gasteiger partial charge in [0.1, 0.15) is 17.2 Å². The van der Waals surface area contributed by atoms with Crippen LogP contribution in [0, 0.1) is 5.82 Å². The van der Waals surface area contributed by atoms with Gasteiger partial charge in [-0.1, -0.05) is 30.7 Å². The number of halogens is 2. The first kappa shape index (κ1) is 17.6. The van der Waals surface area contributed by atoms with Gasteiger partial charge in [-0.3, -0.25) is 9.48 Å². The summed E-state index contributed by atoms with van der Waals surface area (Å²) in [6.07, 6.45) is 0.866. The molecule has 1 N–H and O–H groups in total. The number of hydrogen-bond donors (Lipinski definition) is 1. The topological polar surface area (TPSA) is 46.9 Å². The molecule has 0 unspecified atom stereocenters. The van der Waals surface area contributed by atoms with Crippen molar-refractivity contribution >= 4 is 28.8 Å². The molecule has 130 valence electrons. The van der Waals surface area contributed by atoms with Crippen LogP contribution < -0.4 is 5.32 Å². The molecule has 0 saturated heterocycles. The Bertz CT molecular complexity index is 873. The van der Waals surface area contributed by atoms with Crippen LogP contribution in [-0.2, 0) is 13.1 Å². The Balaban J connectivity index is 1.78. The number of carbonyl (C=O) groups is 1. The van der Waals surface area contributed by atoms with Gasteiger partial charge in [-0.15, -0.1) is 11.3 Å². The summed E-state index contributed by atoms with van der Waals surface area (Å²) in [5.74, 6) is -0.505. The largest absolute Gasteiger partial charge is 0.347 e. The molecule has 0 aliphatic heterocycles. The molecule has 1 aromatic carbocycles. The highest BCUT2D eigenvalue weighted by Crippen LogP contribution is 2.30. The molecule has 4 nitrogen and oxygen atoms in total. The Labute approximate surface area is 154 Å². The van der Waals surface area contributed by atoms with Crippen molar-refractivity contribution in [2.45, 2.75) is 26.4 Å². The molecular formula is C18H17ClFN3OS. The second-order valence-electron chi connectivity index (χ2n) is 5.55. The number of hydrogen-bond acceptors (Lipinski definition) is 3. The van der Waals surface area contributed by atoms with Crippen molar-refractivity contribution in [1.29, 1.82) is 0 Å². The molecule has 0 saturated carbocycles. The number of amides is 1. The third-order valence-corrected chi connectivity index (χ3v) is 4.89. The average Bonchev–Trinajstić information content (AvgIpc) is 3.21. The van der Waals surface area contributed by atoms with Crippen molar-refractivity contribution in [1.82, 2.24) is 15.1 Å². The maximum Gasteiger partial charge on any atom is 0.269 e. The standard InChI is InChI=1S/C18H17ClFN3OS/c1-2-9-23-15(10-14(22-23)16-7-8-17(19)25-16)18(24)21-11-12-3-5-13(20)6-4-12/h3-8,10H,2,9,11H2,1H3,(H,21,24). The summed E-state index contributed by atoms with van der Waals surface area (Å²) in [6, 6.07) is 11.5. The van der Waals surface area contributed by atoms with Crippen LogP contribution in [0.2, 0.25) is 4.34 Å². The summed E-state index contributed by atoms with van der Waals surface area (Å²) >= 11 is 7.41. The highest BCUT2D eigenvalue weighted by atomic mass is 35.5. The van der Waals surface area contributed by atoms with Gasteiger partial charge in [-0.25, -0.2) is 4.39 Å². The van der Waals surface area contributed by atoms with Gasteiger partial charge >= 0.3 is 0 Å². The Hall–Kier alpha value is -2.18. The first-order chi connectivity index (χ1) is 12.1. The average molecular weight is 378 g/mol. The molecule has 0 atom stereocenters. The van der Waals surface area contributed by atoms with E-state index in [-0.39, 0.29) is 11.7 Å². The lowest BCUT2D eigenvalue weighted by molar-refractivity contribution is 0.0940. The van der Waals surface area contributed by atoms with Gasteiger partial charge < -0.3 is 5.32 Å². The highest BCUT2D eigenvalue weighted by Gasteiger charge is 2.16. The second-order valence-corrected chi connectivity index (χ2v) is 7.27. The normalized spacial score (nSPS) is 10.8. The minimum atomic E-state index is -0.296. The number of nitrogens with zero attached hydrogens (tertiary/aromatic N) is 2. The van der Waals surface area contributed by atoms with E-state index in [1.165, 1.54) is 23.5 Å². The molecule has 3 rings (SSSR count). The van der Waals surface area contributed by atoms with Crippen LogP contribution in [0.3, 0.4) is 0 Å². The fraction of sp³-hybridized carbons (Fsp3) is 0.222. The SMILES string of the molecule is CCCn1nc(-c2ccc(Cl)s2)cc1C(=O)NCc1ccc(F)cc1. The summed E-state index contributed by atoms with van der Waals surface area (Å²) in [6.45, 7) is 3.01. The van der Waals surface area contributed by atoms with Crippen molar-refractivity contribution in [3.8, 4) is 10.6 Å². The van der Waals surface area contributed by atoms with Crippen LogP contribution in [0.4, 0.5) is 4.39 Å². The molecular weight excluding hydrogens is 361 g/mol. The van der Waals surface area contributed by atoms with Crippen molar-refractivity contribution in [2.24, 2.45) is 0 Å². The predicted molar refractivity (Wildman–Crippen MR) is 98.4 cm³/mol. The Morgan fingerprint density at radius 2 is 2.04 bits per heavy atom. The minimum absolute atomic E-state index is 0.209. The fourth-order valence-electron chi connectivity index (χ4n) is 2.43. The van der Waals surface area contributed by atoms with E-state index in [0.717, 1.165) is 22.6 Å². The molecule has 2 aromatic heterocycles. The number of carbonyl (C=O) groups excluding carboxylic acids is 1. The zero-order chi connectivity index (χ0) is 17.8. The molecule has 0 aliphatic rings. The van der Waals surface area contributed by atoms with E-state index in [1.54, 1.807) is 22.9 Å². The molecule has 25 heavy (non-hydrogen) atoms. The number of nitrogens with one attached hydrogen (secondary N) is 1. The molecule has 0 bridgehead atoms. The van der Waals surface area contributed by atoms with Crippen molar-refractivity contribution in [3.63, 3.8) is 0 Å². The summed E-state index contributed by atoms with van der Waals surface area (Å²) in [4.78, 5) is 13.5. The van der Waals surface area contributed by atoms with Crippen LogP contribution in [0.15, 0.2) is 42.5 Å². The monoisotopic (exact) mass is 377 g/mol. The van der Waals surface area contributed by atoms with Gasteiger partial charge in [-0.2, -0.15) is 5.10 Å². The van der Waals surface area contributed by atoms with Crippen LogP contribution in [0.5, 0.6) is 0 Å². The number of aryl methyl sites for hydroxylation is 1. The molecule has 0 aliphatic carbocycles. The lowest BCUT2D eigenvalue weighted by Gasteiger charge is -2.07. The number of benzene rings is 1. The van der Waals surface area contributed by atoms with Crippen LogP contribution in [0.25, 0.3) is 10.6 Å². The van der Waals surface area contributed by atoms with Gasteiger partial charge in [0.2, 0.25) is 0 Å². The van der Waals surface area contributed by atoms with E-state index in [1.807, 2.05) is 19.1 Å². The third-order valence-electron chi connectivity index (χ3n) is 3.64. The molecule has 7 heteroatoms. The summed E-state index contributed by atoms with van der Waals surface area (Å²) in [5, 5.41) is 7.39. The zero-order valence-corrected chi connectivity index (χ0v) is 15.2. The fourth-order valence-corrected chi connectivity index (χ4v) is 3.43. The number of aromatic nitrogens is 2. The lowest BCUT2D eigenvalue weighted by Crippen LogP contribution is -2.25. The minimum Gasteiger partial charge on any atom is -0.347 e. The molecule has 1 amide bonds. The van der Waals surface area contributed by atoms with E-state index >= 15 is 0 Å². The predicted octanol–water partition coefficient (Wildman–Crippen LogP) is 4.74. The van der Waals surface area contributed by atoms with Crippen LogP contribution >= 0.6 is 22.9 Å². The first-order valence-corrected chi connectivity index (χ1v) is 9.12. The smallest absolute Gasteiger partial charge is 0.269 e. The Morgan fingerprint density at radius 3 is 2.68 bits per heavy atom. The van der Waals surface area contributed by atoms with Crippen molar-refractivity contribution < 1.29 is 9.18 Å². The number of rotatable bonds is 6. The van der Waals surface area contributed by atoms with Gasteiger partial charge in [0.25, 0.3) is 5.91 Å². The van der Waals surface area contributed by atoms with Gasteiger partial charge in [0.15, 0.2) is 0 Å². The Morgan fingerprint density at radius 1 is 1.28 bits per heavy atom. The van der Waals surface area contributed by atoms with E-state index in [4.69, 9.17) is 11.6 Å². The highest BCUT2D eigenvalue weighted by molar-refractivity contribution is 7.19. The van der Waals surface area contributed by atoms with Gasteiger partial charge in [-0.05, 0) is 42.3 Å². The molecule has 0 radical (unpaired) electrons. The van der Waals surface area contributed by atoms with Crippen LogP contribution in [0.1, 0.15) is 29.4 Å². The molecule has 2 heterocycles. The van der Waals surface area contributed by atoms with Gasteiger partial charge in [0.05, 0.1) is 9.21 Å². The van der Waals surface area contributed by atoms with E-state index in [9.17, 15) is 9.18 Å².